The number of ketones is 1. The molecule has 0 atom stereocenters. The van der Waals surface area contributed by atoms with Gasteiger partial charge in [0.15, 0.2) is 5.82 Å². The van der Waals surface area contributed by atoms with E-state index in [1.807, 2.05) is 29.2 Å². The summed E-state index contributed by atoms with van der Waals surface area (Å²) in [7, 11) is 0. The van der Waals surface area contributed by atoms with Crippen LogP contribution in [-0.2, 0) is 4.79 Å². The first-order valence-corrected chi connectivity index (χ1v) is 11.4. The van der Waals surface area contributed by atoms with Gasteiger partial charge in [0.25, 0.3) is 11.7 Å². The predicted molar refractivity (Wildman–Crippen MR) is 134 cm³/mol. The quantitative estimate of drug-likeness (QED) is 0.283. The van der Waals surface area contributed by atoms with Crippen LogP contribution in [0.15, 0.2) is 61.1 Å². The maximum Gasteiger partial charge on any atom is 0.295 e. The largest absolute Gasteiger partial charge is 0.404 e. The Hall–Kier alpha value is -4.73. The molecule has 5 N–H and O–H groups in total. The van der Waals surface area contributed by atoms with Gasteiger partial charge in [0.2, 0.25) is 0 Å². The van der Waals surface area contributed by atoms with Gasteiger partial charge in [-0.15, -0.1) is 0 Å². The molecule has 1 saturated heterocycles. The van der Waals surface area contributed by atoms with E-state index in [9.17, 15) is 14.0 Å². The summed E-state index contributed by atoms with van der Waals surface area (Å²) < 4.78 is 14.8. The zero-order valence-electron chi connectivity index (χ0n) is 19.3. The lowest BCUT2D eigenvalue weighted by Crippen LogP contribution is -2.52. The number of Topliss-reactive ketones (excluding diaryl/α,β-unsaturated/α-hetero) is 1. The Morgan fingerprint density at radius 3 is 2.44 bits per heavy atom. The molecule has 9 nitrogen and oxygen atoms in total. The highest BCUT2D eigenvalue weighted by molar-refractivity contribution is 6.45. The number of hydrogen-bond donors (Lipinski definition) is 3. The zero-order valence-corrected chi connectivity index (χ0v) is 19.3. The van der Waals surface area contributed by atoms with Gasteiger partial charge >= 0.3 is 0 Å². The topological polar surface area (TPSA) is 134 Å². The van der Waals surface area contributed by atoms with E-state index in [4.69, 9.17) is 11.5 Å². The number of carbonyl (C=O) groups excluding carboxylic acids is 2. The first-order chi connectivity index (χ1) is 17.5. The van der Waals surface area contributed by atoms with Crippen LogP contribution < -0.4 is 21.9 Å². The number of aromatic nitrogens is 3. The minimum atomic E-state index is -0.785. The second-order valence-electron chi connectivity index (χ2n) is 8.37. The summed E-state index contributed by atoms with van der Waals surface area (Å²) in [4.78, 5) is 41.0. The Morgan fingerprint density at radius 2 is 1.72 bits per heavy atom. The van der Waals surface area contributed by atoms with Crippen molar-refractivity contribution < 1.29 is 14.0 Å². The van der Waals surface area contributed by atoms with Crippen LogP contribution in [0.4, 0.5) is 4.39 Å². The van der Waals surface area contributed by atoms with E-state index >= 15 is 0 Å². The predicted octanol–water partition coefficient (Wildman–Crippen LogP) is 0.512. The van der Waals surface area contributed by atoms with Crippen molar-refractivity contribution >= 4 is 34.6 Å². The summed E-state index contributed by atoms with van der Waals surface area (Å²) in [6.45, 7) is 1.48. The van der Waals surface area contributed by atoms with Crippen molar-refractivity contribution in [1.29, 1.82) is 0 Å². The molecule has 5 rings (SSSR count). The monoisotopic (exact) mass is 485 g/mol. The second-order valence-corrected chi connectivity index (χ2v) is 8.37. The highest BCUT2D eigenvalue weighted by Gasteiger charge is 2.30. The molecule has 0 bridgehead atoms. The first-order valence-electron chi connectivity index (χ1n) is 11.4. The lowest BCUT2D eigenvalue weighted by molar-refractivity contribution is -0.127. The third kappa shape index (κ3) is 4.02. The van der Waals surface area contributed by atoms with Gasteiger partial charge in [-0.25, -0.2) is 9.37 Å². The van der Waals surface area contributed by atoms with Crippen molar-refractivity contribution in [2.45, 2.75) is 0 Å². The van der Waals surface area contributed by atoms with Gasteiger partial charge in [0.1, 0.15) is 11.5 Å². The van der Waals surface area contributed by atoms with Crippen LogP contribution >= 0.6 is 0 Å². The number of H-pyrrole nitrogens is 1. The number of piperazine rings is 1. The number of pyridine rings is 2. The number of nitrogens with two attached hydrogens (primary N) is 2. The van der Waals surface area contributed by atoms with Crippen molar-refractivity contribution in [2.75, 3.05) is 26.2 Å². The van der Waals surface area contributed by atoms with Crippen molar-refractivity contribution in [2.24, 2.45) is 11.5 Å². The highest BCUT2D eigenvalue weighted by Crippen LogP contribution is 2.29. The maximum atomic E-state index is 14.8. The molecule has 36 heavy (non-hydrogen) atoms. The third-order valence-electron chi connectivity index (χ3n) is 6.33. The molecule has 0 saturated carbocycles. The molecule has 182 valence electrons. The average molecular weight is 486 g/mol. The summed E-state index contributed by atoms with van der Waals surface area (Å²) in [5, 5.41) is 1.64. The number of rotatable bonds is 4. The van der Waals surface area contributed by atoms with Crippen molar-refractivity contribution in [3.05, 3.63) is 82.9 Å². The zero-order chi connectivity index (χ0) is 25.2. The number of benzene rings is 1. The van der Waals surface area contributed by atoms with E-state index in [-0.39, 0.29) is 10.9 Å². The molecule has 3 aromatic heterocycles. The van der Waals surface area contributed by atoms with Gasteiger partial charge in [0.05, 0.1) is 28.4 Å². The van der Waals surface area contributed by atoms with Crippen LogP contribution in [0.2, 0.25) is 0 Å². The molecule has 1 aromatic carbocycles. The number of hydrogen-bond acceptors (Lipinski definition) is 7. The third-order valence-corrected chi connectivity index (χ3v) is 6.33. The lowest BCUT2D eigenvalue weighted by Gasteiger charge is -2.35. The molecule has 0 unspecified atom stereocenters. The van der Waals surface area contributed by atoms with Gasteiger partial charge in [-0.3, -0.25) is 14.6 Å². The SMILES string of the molecule is N/C=c1/cccc/c1=C(/N)N1CCN(C(=O)C(=O)c2c[nH]c3c(-c4ccccn4)ncc(F)c23)CC1. The van der Waals surface area contributed by atoms with Crippen molar-refractivity contribution in [3.8, 4) is 11.4 Å². The Kier molecular flexibility index (Phi) is 6.07. The summed E-state index contributed by atoms with van der Waals surface area (Å²) >= 11 is 0. The van der Waals surface area contributed by atoms with E-state index in [1.54, 1.807) is 24.4 Å². The summed E-state index contributed by atoms with van der Waals surface area (Å²) in [5.74, 6) is -1.61. The molecule has 10 heteroatoms. The second kappa shape index (κ2) is 9.49. The van der Waals surface area contributed by atoms with Crippen LogP contribution in [0, 0.1) is 5.82 Å². The van der Waals surface area contributed by atoms with Gasteiger partial charge in [-0.1, -0.05) is 30.3 Å². The van der Waals surface area contributed by atoms with Gasteiger partial charge in [-0.2, -0.15) is 0 Å². The molecule has 0 aliphatic carbocycles. The van der Waals surface area contributed by atoms with Crippen LogP contribution in [-0.4, -0.2) is 62.6 Å². The normalized spacial score (nSPS) is 15.3. The minimum absolute atomic E-state index is 0.0230. The average Bonchev–Trinajstić information content (AvgIpc) is 3.39. The fourth-order valence-corrected chi connectivity index (χ4v) is 4.44. The standard InChI is InChI=1S/C26H24FN7O2/c27-19-15-32-22(20-7-3-4-8-30-20)23-21(19)18(14-31-23)24(35)26(36)34-11-9-33(10-12-34)25(29)17-6-2-1-5-16(17)13-28/h1-8,13-15,31H,9-12,28-29H2/b16-13-,25-17+. The Bertz CT molecular complexity index is 1580. The fraction of sp³-hybridized carbons (Fsp3) is 0.154. The number of nitrogens with one attached hydrogen (secondary N) is 1. The van der Waals surface area contributed by atoms with Crippen molar-refractivity contribution in [1.82, 2.24) is 24.8 Å². The number of carbonyl (C=O) groups is 2. The van der Waals surface area contributed by atoms with E-state index in [0.717, 1.165) is 16.6 Å². The molecule has 0 spiro atoms. The number of amides is 1. The molecule has 1 amide bonds. The highest BCUT2D eigenvalue weighted by atomic mass is 19.1. The molecule has 1 fully saturated rings. The maximum absolute atomic E-state index is 14.8. The smallest absolute Gasteiger partial charge is 0.295 e. The Morgan fingerprint density at radius 1 is 1.00 bits per heavy atom. The molecule has 1 aliphatic rings. The molecular weight excluding hydrogens is 461 g/mol. The van der Waals surface area contributed by atoms with Crippen LogP contribution in [0.5, 0.6) is 0 Å². The Labute approximate surface area is 205 Å². The van der Waals surface area contributed by atoms with Gasteiger partial charge in [-0.05, 0) is 12.1 Å². The molecule has 4 aromatic rings. The number of fused-ring (bicyclic) bond motifs is 1. The van der Waals surface area contributed by atoms with Gasteiger partial charge in [0, 0.05) is 55.2 Å². The van der Waals surface area contributed by atoms with E-state index in [1.165, 1.54) is 17.3 Å². The number of halogens is 1. The summed E-state index contributed by atoms with van der Waals surface area (Å²) in [6, 6.07) is 12.8. The van der Waals surface area contributed by atoms with Crippen LogP contribution in [0.3, 0.4) is 0 Å². The van der Waals surface area contributed by atoms with Crippen LogP contribution in [0.1, 0.15) is 10.4 Å². The molecular formula is C26H24FN7O2. The summed E-state index contributed by atoms with van der Waals surface area (Å²) in [6.07, 6.45) is 5.48. The van der Waals surface area contributed by atoms with Crippen molar-refractivity contribution in [3.63, 3.8) is 0 Å². The van der Waals surface area contributed by atoms with E-state index in [2.05, 4.69) is 15.0 Å². The first kappa shape index (κ1) is 23.0. The molecule has 1 aliphatic heterocycles. The van der Waals surface area contributed by atoms with E-state index in [0.29, 0.717) is 48.9 Å². The number of aromatic amines is 1. The molecule has 4 heterocycles. The van der Waals surface area contributed by atoms with Gasteiger partial charge < -0.3 is 26.3 Å². The lowest BCUT2D eigenvalue weighted by atomic mass is 10.1. The fourth-order valence-electron chi connectivity index (χ4n) is 4.44. The number of nitrogens with zero attached hydrogens (tertiary/aromatic N) is 4. The minimum Gasteiger partial charge on any atom is -0.404 e. The molecule has 0 radical (unpaired) electrons. The Balaban J connectivity index is 1.38. The van der Waals surface area contributed by atoms with E-state index < -0.39 is 17.5 Å². The van der Waals surface area contributed by atoms with Crippen LogP contribution in [0.25, 0.3) is 34.3 Å². The summed E-state index contributed by atoms with van der Waals surface area (Å²) in [5.41, 5.74) is 13.3.